The Kier molecular flexibility index (Phi) is 6.38. The van der Waals surface area contributed by atoms with Gasteiger partial charge in [-0.05, 0) is 59.3 Å². The number of thiophene rings is 1. The van der Waals surface area contributed by atoms with Crippen LogP contribution in [0.1, 0.15) is 5.56 Å². The van der Waals surface area contributed by atoms with Gasteiger partial charge in [-0.15, -0.1) is 11.3 Å². The predicted octanol–water partition coefficient (Wildman–Crippen LogP) is 12.0. The van der Waals surface area contributed by atoms with Gasteiger partial charge in [0.2, 0.25) is 0 Å². The molecule has 3 heterocycles. The molecule has 10 rings (SSSR count). The van der Waals surface area contributed by atoms with Crippen molar-refractivity contribution in [3.8, 4) is 45.7 Å². The van der Waals surface area contributed by atoms with E-state index in [1.165, 1.54) is 20.2 Å². The fourth-order valence-electron chi connectivity index (χ4n) is 7.28. The van der Waals surface area contributed by atoms with Gasteiger partial charge in [0.05, 0.1) is 22.4 Å². The Morgan fingerprint density at radius 3 is 1.94 bits per heavy atom. The highest BCUT2D eigenvalue weighted by Gasteiger charge is 2.21. The second-order valence-electron chi connectivity index (χ2n) is 12.5. The molecule has 5 heteroatoms. The molecule has 0 bridgehead atoms. The average molecular weight is 655 g/mol. The summed E-state index contributed by atoms with van der Waals surface area (Å²) in [5.74, 6) is 0.585. The Bertz CT molecular complexity index is 2990. The number of nitriles is 1. The van der Waals surface area contributed by atoms with Crippen LogP contribution in [0.3, 0.4) is 0 Å². The molecule has 0 N–H and O–H groups in total. The first kappa shape index (κ1) is 28.4. The summed E-state index contributed by atoms with van der Waals surface area (Å²) in [5.41, 5.74) is 7.70. The first-order valence-electron chi connectivity index (χ1n) is 16.6. The topological polar surface area (TPSA) is 54.5 Å². The summed E-state index contributed by atoms with van der Waals surface area (Å²) in [7, 11) is 0. The molecule has 0 unspecified atom stereocenters. The Morgan fingerprint density at radius 1 is 0.480 bits per heavy atom. The van der Waals surface area contributed by atoms with Crippen LogP contribution in [0.15, 0.2) is 158 Å². The van der Waals surface area contributed by atoms with Crippen molar-refractivity contribution >= 4 is 64.1 Å². The van der Waals surface area contributed by atoms with Gasteiger partial charge in [-0.3, -0.25) is 0 Å². The normalized spacial score (nSPS) is 11.6. The Morgan fingerprint density at radius 2 is 1.14 bits per heavy atom. The second-order valence-corrected chi connectivity index (χ2v) is 13.6. The summed E-state index contributed by atoms with van der Waals surface area (Å²) in [6, 6.07) is 57.3. The molecule has 7 aromatic carbocycles. The summed E-state index contributed by atoms with van der Waals surface area (Å²) in [6.45, 7) is 0. The van der Waals surface area contributed by atoms with Gasteiger partial charge in [-0.25, -0.2) is 9.97 Å². The predicted molar refractivity (Wildman–Crippen MR) is 208 cm³/mol. The lowest BCUT2D eigenvalue weighted by Crippen LogP contribution is -2.01. The van der Waals surface area contributed by atoms with Crippen molar-refractivity contribution in [2.45, 2.75) is 0 Å². The quantitative estimate of drug-likeness (QED) is 0.190. The minimum atomic E-state index is 0.456. The largest absolute Gasteiger partial charge is 0.309 e. The minimum absolute atomic E-state index is 0.456. The molecule has 3 aromatic heterocycles. The van der Waals surface area contributed by atoms with Gasteiger partial charge in [-0.1, -0.05) is 109 Å². The fraction of sp³-hybridized carbons (Fsp3) is 0. The number of aromatic nitrogens is 3. The lowest BCUT2D eigenvalue weighted by molar-refractivity contribution is 1.17. The third kappa shape index (κ3) is 4.43. The van der Waals surface area contributed by atoms with Crippen molar-refractivity contribution < 1.29 is 0 Å². The van der Waals surface area contributed by atoms with Crippen molar-refractivity contribution in [2.75, 3.05) is 0 Å². The summed E-state index contributed by atoms with van der Waals surface area (Å²) in [5, 5.41) is 17.8. The SMILES string of the molecule is N#Cc1c(-c2ccc3ccccc3c2)nc(-c2ccccc2)nc1-c1ccc2c(c1)c1cc3sc4ccccc4c3cc1n2-c1ccccc1. The van der Waals surface area contributed by atoms with Crippen molar-refractivity contribution in [1.29, 1.82) is 5.26 Å². The molecule has 0 fully saturated rings. The average Bonchev–Trinajstić information content (AvgIpc) is 3.71. The molecule has 0 radical (unpaired) electrons. The Balaban J connectivity index is 1.27. The molecule has 232 valence electrons. The first-order valence-corrected chi connectivity index (χ1v) is 17.4. The smallest absolute Gasteiger partial charge is 0.160 e. The zero-order valence-corrected chi connectivity index (χ0v) is 27.5. The molecule has 0 aliphatic carbocycles. The molecule has 0 amide bonds. The van der Waals surface area contributed by atoms with Gasteiger partial charge in [0.15, 0.2) is 5.82 Å². The molecule has 0 saturated carbocycles. The maximum atomic E-state index is 10.8. The highest BCUT2D eigenvalue weighted by Crippen LogP contribution is 2.42. The van der Waals surface area contributed by atoms with E-state index in [-0.39, 0.29) is 0 Å². The number of hydrogen-bond acceptors (Lipinski definition) is 4. The van der Waals surface area contributed by atoms with Crippen LogP contribution in [-0.4, -0.2) is 14.5 Å². The van der Waals surface area contributed by atoms with Gasteiger partial charge >= 0.3 is 0 Å². The third-order valence-electron chi connectivity index (χ3n) is 9.63. The van der Waals surface area contributed by atoms with E-state index in [4.69, 9.17) is 9.97 Å². The molecule has 0 spiro atoms. The standard InChI is InChI=1S/C45H26N4S/c46-27-38-43(31-20-19-28-11-7-8-14-30(28)23-31)47-45(29-12-3-1-4-13-29)48-44(38)32-21-22-39-35(24-32)36-26-42-37(34-17-9-10-18-41(34)50-42)25-40(36)49(39)33-15-5-2-6-16-33/h1-26H. The highest BCUT2D eigenvalue weighted by molar-refractivity contribution is 7.25. The molecular weight excluding hydrogens is 629 g/mol. The van der Waals surface area contributed by atoms with Crippen LogP contribution in [0.25, 0.3) is 92.3 Å². The van der Waals surface area contributed by atoms with Crippen LogP contribution in [0.2, 0.25) is 0 Å². The minimum Gasteiger partial charge on any atom is -0.309 e. The van der Waals surface area contributed by atoms with E-state index in [1.807, 2.05) is 53.8 Å². The van der Waals surface area contributed by atoms with Crippen LogP contribution < -0.4 is 0 Å². The van der Waals surface area contributed by atoms with Crippen molar-refractivity contribution in [3.05, 3.63) is 163 Å². The van der Waals surface area contributed by atoms with Gasteiger partial charge < -0.3 is 4.57 Å². The van der Waals surface area contributed by atoms with Crippen LogP contribution >= 0.6 is 11.3 Å². The van der Waals surface area contributed by atoms with E-state index < -0.39 is 0 Å². The van der Waals surface area contributed by atoms with Gasteiger partial charge in [0.25, 0.3) is 0 Å². The Hall–Kier alpha value is -6.61. The van der Waals surface area contributed by atoms with Gasteiger partial charge in [0.1, 0.15) is 11.6 Å². The second kappa shape index (κ2) is 11.2. The zero-order chi connectivity index (χ0) is 33.2. The summed E-state index contributed by atoms with van der Waals surface area (Å²) >= 11 is 1.82. The monoisotopic (exact) mass is 654 g/mol. The molecule has 0 saturated heterocycles. The molecule has 0 aliphatic rings. The van der Waals surface area contributed by atoms with Gasteiger partial charge in [-0.2, -0.15) is 5.26 Å². The highest BCUT2D eigenvalue weighted by atomic mass is 32.1. The summed E-state index contributed by atoms with van der Waals surface area (Å²) in [4.78, 5) is 10.2. The fourth-order valence-corrected chi connectivity index (χ4v) is 8.40. The van der Waals surface area contributed by atoms with Crippen LogP contribution in [0, 0.1) is 11.3 Å². The lowest BCUT2D eigenvalue weighted by Gasteiger charge is -2.13. The molecule has 4 nitrogen and oxygen atoms in total. The van der Waals surface area contributed by atoms with E-state index in [0.717, 1.165) is 55.0 Å². The number of hydrogen-bond donors (Lipinski definition) is 0. The number of nitrogens with zero attached hydrogens (tertiary/aromatic N) is 4. The molecule has 10 aromatic rings. The molecule has 0 atom stereocenters. The van der Waals surface area contributed by atoms with E-state index in [1.54, 1.807) is 0 Å². The molecular formula is C45H26N4S. The Labute approximate surface area is 291 Å². The zero-order valence-electron chi connectivity index (χ0n) is 26.7. The number of fused-ring (bicyclic) bond motifs is 7. The first-order chi connectivity index (χ1) is 24.7. The number of para-hydroxylation sites is 1. The van der Waals surface area contributed by atoms with Crippen molar-refractivity contribution in [1.82, 2.24) is 14.5 Å². The maximum Gasteiger partial charge on any atom is 0.160 e. The maximum absolute atomic E-state index is 10.8. The van der Waals surface area contributed by atoms with Crippen LogP contribution in [0.5, 0.6) is 0 Å². The van der Waals surface area contributed by atoms with Crippen LogP contribution in [0.4, 0.5) is 0 Å². The van der Waals surface area contributed by atoms with Gasteiger partial charge in [0, 0.05) is 53.3 Å². The lowest BCUT2D eigenvalue weighted by atomic mass is 9.97. The molecule has 0 aliphatic heterocycles. The van der Waals surface area contributed by atoms with Crippen LogP contribution in [-0.2, 0) is 0 Å². The summed E-state index contributed by atoms with van der Waals surface area (Å²) in [6.07, 6.45) is 0. The van der Waals surface area contributed by atoms with E-state index in [9.17, 15) is 5.26 Å². The van der Waals surface area contributed by atoms with E-state index in [2.05, 4.69) is 126 Å². The summed E-state index contributed by atoms with van der Waals surface area (Å²) < 4.78 is 4.88. The third-order valence-corrected chi connectivity index (χ3v) is 10.8. The molecule has 50 heavy (non-hydrogen) atoms. The van der Waals surface area contributed by atoms with E-state index >= 15 is 0 Å². The van der Waals surface area contributed by atoms with Crippen molar-refractivity contribution in [2.24, 2.45) is 0 Å². The number of rotatable bonds is 4. The number of benzene rings is 7. The van der Waals surface area contributed by atoms with Crippen molar-refractivity contribution in [3.63, 3.8) is 0 Å². The van der Waals surface area contributed by atoms with E-state index in [0.29, 0.717) is 22.8 Å².